The molecule has 0 spiro atoms. The van der Waals surface area contributed by atoms with E-state index in [9.17, 15) is 9.59 Å². The normalized spacial score (nSPS) is 18.0. The zero-order chi connectivity index (χ0) is 20.1. The van der Waals surface area contributed by atoms with Crippen molar-refractivity contribution < 1.29 is 14.0 Å². The van der Waals surface area contributed by atoms with E-state index in [4.69, 9.17) is 4.42 Å². The van der Waals surface area contributed by atoms with Crippen LogP contribution in [0.1, 0.15) is 32.4 Å². The number of nitrogens with one attached hydrogen (secondary N) is 2. The van der Waals surface area contributed by atoms with Gasteiger partial charge in [-0.15, -0.1) is 10.2 Å². The Morgan fingerprint density at radius 1 is 1.43 bits per heavy atom. The summed E-state index contributed by atoms with van der Waals surface area (Å²) >= 11 is 1.27. The lowest BCUT2D eigenvalue weighted by molar-refractivity contribution is -0.119. The molecule has 10 heteroatoms. The van der Waals surface area contributed by atoms with Crippen molar-refractivity contribution in [2.45, 2.75) is 43.6 Å². The van der Waals surface area contributed by atoms with Gasteiger partial charge in [0.15, 0.2) is 5.16 Å². The number of urea groups is 1. The molecule has 2 aromatic rings. The number of carbonyl (C=O) groups is 2. The van der Waals surface area contributed by atoms with E-state index < -0.39 is 11.3 Å². The van der Waals surface area contributed by atoms with Gasteiger partial charge < -0.3 is 14.6 Å². The molecule has 1 aliphatic heterocycles. The van der Waals surface area contributed by atoms with Crippen molar-refractivity contribution in [1.29, 1.82) is 0 Å². The Bertz CT molecular complexity index is 806. The molecular weight excluding hydrogens is 380 g/mol. The molecule has 0 aromatic carbocycles. The number of nitrogens with zero attached hydrogens (tertiary/aromatic N) is 4. The number of furan rings is 1. The predicted octanol–water partition coefficient (Wildman–Crippen LogP) is 2.09. The molecule has 0 saturated carbocycles. The lowest BCUT2D eigenvalue weighted by atomic mass is 10.0. The summed E-state index contributed by atoms with van der Waals surface area (Å²) in [5.41, 5.74) is 0. The van der Waals surface area contributed by atoms with Crippen molar-refractivity contribution in [3.63, 3.8) is 0 Å². The maximum absolute atomic E-state index is 12.2. The summed E-state index contributed by atoms with van der Waals surface area (Å²) in [7, 11) is 1.46. The summed E-state index contributed by atoms with van der Waals surface area (Å²) in [6.07, 6.45) is 3.96. The third-order valence-electron chi connectivity index (χ3n) is 4.65. The molecule has 0 radical (unpaired) electrons. The molecule has 2 atom stereocenters. The summed E-state index contributed by atoms with van der Waals surface area (Å²) in [5.74, 6) is 1.78. The van der Waals surface area contributed by atoms with Crippen molar-refractivity contribution in [2.24, 2.45) is 5.92 Å². The Balaban J connectivity index is 1.81. The fourth-order valence-corrected chi connectivity index (χ4v) is 4.00. The molecule has 152 valence electrons. The lowest BCUT2D eigenvalue weighted by Gasteiger charge is -2.31. The Kier molecular flexibility index (Phi) is 6.61. The van der Waals surface area contributed by atoms with Crippen molar-refractivity contribution in [3.8, 4) is 0 Å². The molecule has 0 aliphatic carbocycles. The third kappa shape index (κ3) is 4.86. The lowest BCUT2D eigenvalue weighted by Crippen LogP contribution is -2.41. The molecule has 0 unspecified atom stereocenters. The van der Waals surface area contributed by atoms with Gasteiger partial charge in [0.2, 0.25) is 11.9 Å². The minimum Gasteiger partial charge on any atom is -0.467 e. The molecule has 3 amide bonds. The summed E-state index contributed by atoms with van der Waals surface area (Å²) in [6, 6.07) is 3.21. The molecule has 3 heterocycles. The van der Waals surface area contributed by atoms with Crippen LogP contribution in [0, 0.1) is 5.92 Å². The van der Waals surface area contributed by atoms with Crippen molar-refractivity contribution >= 4 is 29.6 Å². The molecule has 0 bridgehead atoms. The number of imide groups is 1. The second-order valence-corrected chi connectivity index (χ2v) is 8.28. The van der Waals surface area contributed by atoms with Crippen LogP contribution in [0.4, 0.5) is 10.7 Å². The fourth-order valence-electron chi connectivity index (χ4n) is 3.16. The van der Waals surface area contributed by atoms with Crippen molar-refractivity contribution in [3.05, 3.63) is 24.2 Å². The fraction of sp³-hybridized carbons (Fsp3) is 0.556. The molecule has 9 nitrogen and oxygen atoms in total. The Labute approximate surface area is 168 Å². The molecule has 1 fully saturated rings. The smallest absolute Gasteiger partial charge is 0.321 e. The average Bonchev–Trinajstić information content (AvgIpc) is 3.32. The molecule has 1 aliphatic rings. The van der Waals surface area contributed by atoms with E-state index in [1.54, 1.807) is 13.2 Å². The number of piperidine rings is 1. The average molecular weight is 407 g/mol. The van der Waals surface area contributed by atoms with Crippen LogP contribution < -0.4 is 15.5 Å². The van der Waals surface area contributed by atoms with Gasteiger partial charge in [0, 0.05) is 20.1 Å². The SMILES string of the molecule is CNC(=O)NC(=O)[C@@H](C)Sc1nnc(N2CCC[C@H](C)C2)n1Cc1ccco1. The zero-order valence-electron chi connectivity index (χ0n) is 16.3. The zero-order valence-corrected chi connectivity index (χ0v) is 17.2. The van der Waals surface area contributed by atoms with E-state index in [1.165, 1.54) is 25.2 Å². The van der Waals surface area contributed by atoms with Crippen LogP contribution >= 0.6 is 11.8 Å². The van der Waals surface area contributed by atoms with Crippen LogP contribution in [-0.4, -0.2) is 52.1 Å². The van der Waals surface area contributed by atoms with E-state index in [0.29, 0.717) is 17.6 Å². The van der Waals surface area contributed by atoms with E-state index in [1.807, 2.05) is 16.7 Å². The number of carbonyl (C=O) groups excluding carboxylic acids is 2. The largest absolute Gasteiger partial charge is 0.467 e. The number of rotatable bonds is 6. The van der Waals surface area contributed by atoms with Crippen LogP contribution in [0.25, 0.3) is 0 Å². The highest BCUT2D eigenvalue weighted by Gasteiger charge is 2.26. The van der Waals surface area contributed by atoms with Gasteiger partial charge in [-0.2, -0.15) is 0 Å². The van der Waals surface area contributed by atoms with Crippen LogP contribution in [0.2, 0.25) is 0 Å². The first-order valence-corrected chi connectivity index (χ1v) is 10.3. The highest BCUT2D eigenvalue weighted by molar-refractivity contribution is 8.00. The third-order valence-corrected chi connectivity index (χ3v) is 5.73. The van der Waals surface area contributed by atoms with Crippen LogP contribution in [0.5, 0.6) is 0 Å². The molecule has 2 aromatic heterocycles. The maximum atomic E-state index is 12.2. The first kappa shape index (κ1) is 20.2. The van der Waals surface area contributed by atoms with Gasteiger partial charge in [-0.05, 0) is 37.8 Å². The monoisotopic (exact) mass is 406 g/mol. The number of thioether (sulfide) groups is 1. The highest BCUT2D eigenvalue weighted by Crippen LogP contribution is 2.29. The summed E-state index contributed by atoms with van der Waals surface area (Å²) < 4.78 is 7.49. The molecule has 2 N–H and O–H groups in total. The van der Waals surface area contributed by atoms with Crippen molar-refractivity contribution in [2.75, 3.05) is 25.0 Å². The summed E-state index contributed by atoms with van der Waals surface area (Å²) in [4.78, 5) is 25.9. The Morgan fingerprint density at radius 3 is 2.93 bits per heavy atom. The second-order valence-electron chi connectivity index (χ2n) is 6.97. The van der Waals surface area contributed by atoms with Crippen LogP contribution in [0.3, 0.4) is 0 Å². The van der Waals surface area contributed by atoms with Crippen LogP contribution in [-0.2, 0) is 11.3 Å². The number of hydrogen-bond donors (Lipinski definition) is 2. The molecule has 3 rings (SSSR count). The van der Waals surface area contributed by atoms with Gasteiger partial charge in [-0.25, -0.2) is 4.79 Å². The van der Waals surface area contributed by atoms with E-state index in [0.717, 1.165) is 31.2 Å². The van der Waals surface area contributed by atoms with Gasteiger partial charge in [0.1, 0.15) is 5.76 Å². The Hall–Kier alpha value is -2.49. The topological polar surface area (TPSA) is 105 Å². The second kappa shape index (κ2) is 9.13. The number of amides is 3. The van der Waals surface area contributed by atoms with Gasteiger partial charge in [-0.3, -0.25) is 14.7 Å². The molecular formula is C18H26N6O3S. The minimum atomic E-state index is -0.530. The van der Waals surface area contributed by atoms with E-state index in [-0.39, 0.29) is 5.91 Å². The summed E-state index contributed by atoms with van der Waals surface area (Å²) in [6.45, 7) is 6.30. The Morgan fingerprint density at radius 2 is 2.25 bits per heavy atom. The standard InChI is InChI=1S/C18H26N6O3S/c1-12-6-4-8-23(10-12)17-21-22-18(24(17)11-14-7-5-9-27-14)28-13(2)15(25)20-16(26)19-3/h5,7,9,12-13H,4,6,8,10-11H2,1-3H3,(H2,19,20,25,26)/t12-,13+/m0/s1. The first-order chi connectivity index (χ1) is 13.5. The number of hydrogen-bond acceptors (Lipinski definition) is 7. The minimum absolute atomic E-state index is 0.384. The van der Waals surface area contributed by atoms with Gasteiger partial charge in [0.05, 0.1) is 18.1 Å². The van der Waals surface area contributed by atoms with Crippen LogP contribution in [0.15, 0.2) is 28.0 Å². The number of aromatic nitrogens is 3. The van der Waals surface area contributed by atoms with Gasteiger partial charge in [0.25, 0.3) is 0 Å². The van der Waals surface area contributed by atoms with E-state index >= 15 is 0 Å². The number of anilines is 1. The quantitative estimate of drug-likeness (QED) is 0.708. The van der Waals surface area contributed by atoms with E-state index in [2.05, 4.69) is 32.7 Å². The summed E-state index contributed by atoms with van der Waals surface area (Å²) in [5, 5.41) is 13.5. The first-order valence-electron chi connectivity index (χ1n) is 9.37. The predicted molar refractivity (Wildman–Crippen MR) is 106 cm³/mol. The van der Waals surface area contributed by atoms with Gasteiger partial charge in [-0.1, -0.05) is 18.7 Å². The van der Waals surface area contributed by atoms with Gasteiger partial charge >= 0.3 is 6.03 Å². The highest BCUT2D eigenvalue weighted by atomic mass is 32.2. The maximum Gasteiger partial charge on any atom is 0.321 e. The van der Waals surface area contributed by atoms with Crippen molar-refractivity contribution in [1.82, 2.24) is 25.4 Å². The molecule has 28 heavy (non-hydrogen) atoms. The molecule has 1 saturated heterocycles.